The van der Waals surface area contributed by atoms with Gasteiger partial charge in [0.05, 0.1) is 6.42 Å². The van der Waals surface area contributed by atoms with Gasteiger partial charge in [0.1, 0.15) is 0 Å². The molecule has 108 valence electrons. The van der Waals surface area contributed by atoms with E-state index in [1.165, 1.54) is 0 Å². The third kappa shape index (κ3) is 2.88. The summed E-state index contributed by atoms with van der Waals surface area (Å²) >= 11 is 6.23. The first kappa shape index (κ1) is 14.0. The largest absolute Gasteiger partial charge is 0.481 e. The van der Waals surface area contributed by atoms with E-state index in [1.807, 2.05) is 48.5 Å². The minimum Gasteiger partial charge on any atom is -0.481 e. The summed E-state index contributed by atoms with van der Waals surface area (Å²) < 4.78 is 0. The van der Waals surface area contributed by atoms with E-state index in [0.717, 1.165) is 28.4 Å². The number of aliphatic carboxylic acids is 1. The van der Waals surface area contributed by atoms with Crippen LogP contribution in [0.1, 0.15) is 23.5 Å². The van der Waals surface area contributed by atoms with Gasteiger partial charge in [-0.15, -0.1) is 0 Å². The lowest BCUT2D eigenvalue weighted by Gasteiger charge is -2.20. The van der Waals surface area contributed by atoms with E-state index in [9.17, 15) is 4.79 Å². The van der Waals surface area contributed by atoms with Crippen LogP contribution < -0.4 is 4.90 Å². The highest BCUT2D eigenvalue weighted by atomic mass is 35.5. The van der Waals surface area contributed by atoms with Crippen LogP contribution in [0, 0.1) is 0 Å². The minimum atomic E-state index is -0.755. The summed E-state index contributed by atoms with van der Waals surface area (Å²) in [6.07, 6.45) is 0.163. The quantitative estimate of drug-likeness (QED) is 0.930. The zero-order valence-electron chi connectivity index (χ0n) is 11.5. The monoisotopic (exact) mass is 301 g/mol. The number of carboxylic acids is 1. The van der Waals surface area contributed by atoms with Gasteiger partial charge in [-0.05, 0) is 23.3 Å². The Labute approximate surface area is 128 Å². The molecule has 0 spiro atoms. The molecule has 0 aromatic heterocycles. The van der Waals surface area contributed by atoms with Gasteiger partial charge in [-0.25, -0.2) is 0 Å². The molecule has 3 nitrogen and oxygen atoms in total. The molecule has 1 N–H and O–H groups in total. The van der Waals surface area contributed by atoms with Crippen LogP contribution in [0.5, 0.6) is 0 Å². The van der Waals surface area contributed by atoms with E-state index < -0.39 is 5.97 Å². The summed E-state index contributed by atoms with van der Waals surface area (Å²) in [5, 5.41) is 9.83. The van der Waals surface area contributed by atoms with E-state index >= 15 is 0 Å². The Morgan fingerprint density at radius 2 is 1.90 bits per heavy atom. The van der Waals surface area contributed by atoms with Gasteiger partial charge in [0, 0.05) is 29.7 Å². The Morgan fingerprint density at radius 3 is 2.67 bits per heavy atom. The normalized spacial score (nSPS) is 16.8. The third-order valence-corrected chi connectivity index (χ3v) is 4.27. The number of nitrogens with zero attached hydrogens (tertiary/aromatic N) is 1. The number of carbonyl (C=O) groups is 1. The lowest BCUT2D eigenvalue weighted by atomic mass is 9.98. The number of carboxylic acid groups (broad SMARTS) is 1. The van der Waals surface area contributed by atoms with Crippen LogP contribution in [-0.2, 0) is 11.3 Å². The van der Waals surface area contributed by atoms with Gasteiger partial charge < -0.3 is 10.0 Å². The van der Waals surface area contributed by atoms with Crippen molar-refractivity contribution in [1.29, 1.82) is 0 Å². The zero-order valence-corrected chi connectivity index (χ0v) is 12.3. The minimum absolute atomic E-state index is 0.0428. The Kier molecular flexibility index (Phi) is 3.84. The van der Waals surface area contributed by atoms with E-state index in [1.54, 1.807) is 0 Å². The van der Waals surface area contributed by atoms with Gasteiger partial charge in [0.2, 0.25) is 0 Å². The molecule has 1 aliphatic rings. The summed E-state index contributed by atoms with van der Waals surface area (Å²) in [4.78, 5) is 13.3. The topological polar surface area (TPSA) is 40.5 Å². The molecule has 1 aliphatic heterocycles. The number of rotatable bonds is 4. The predicted molar refractivity (Wildman–Crippen MR) is 83.9 cm³/mol. The zero-order chi connectivity index (χ0) is 14.8. The van der Waals surface area contributed by atoms with Crippen molar-refractivity contribution in [3.63, 3.8) is 0 Å². The fraction of sp³-hybridized carbons (Fsp3) is 0.235. The number of para-hydroxylation sites is 1. The van der Waals surface area contributed by atoms with Gasteiger partial charge >= 0.3 is 5.97 Å². The van der Waals surface area contributed by atoms with Crippen LogP contribution in [-0.4, -0.2) is 17.6 Å². The molecule has 0 saturated heterocycles. The lowest BCUT2D eigenvalue weighted by Crippen LogP contribution is -2.22. The van der Waals surface area contributed by atoms with Crippen molar-refractivity contribution in [3.05, 3.63) is 64.7 Å². The molecule has 0 bridgehead atoms. The second kappa shape index (κ2) is 5.78. The highest BCUT2D eigenvalue weighted by molar-refractivity contribution is 6.31. The average molecular weight is 302 g/mol. The molecule has 1 atom stereocenters. The van der Waals surface area contributed by atoms with Crippen molar-refractivity contribution in [3.8, 4) is 0 Å². The first-order valence-corrected chi connectivity index (χ1v) is 7.32. The van der Waals surface area contributed by atoms with Crippen molar-refractivity contribution in [2.75, 3.05) is 11.4 Å². The number of benzene rings is 2. The molecule has 0 saturated carbocycles. The van der Waals surface area contributed by atoms with Crippen LogP contribution in [0.2, 0.25) is 5.02 Å². The van der Waals surface area contributed by atoms with Crippen LogP contribution in [0.15, 0.2) is 48.5 Å². The van der Waals surface area contributed by atoms with Crippen LogP contribution in [0.3, 0.4) is 0 Å². The summed E-state index contributed by atoms with van der Waals surface area (Å²) in [6.45, 7) is 1.42. The molecule has 21 heavy (non-hydrogen) atoms. The maximum atomic E-state index is 11.0. The van der Waals surface area contributed by atoms with E-state index in [-0.39, 0.29) is 12.3 Å². The van der Waals surface area contributed by atoms with Crippen molar-refractivity contribution in [2.45, 2.75) is 18.9 Å². The number of halogens is 1. The smallest absolute Gasteiger partial charge is 0.304 e. The third-order valence-electron chi connectivity index (χ3n) is 3.90. The Morgan fingerprint density at radius 1 is 1.19 bits per heavy atom. The SMILES string of the molecule is O=C(O)CC1CN(Cc2ccccc2Cl)c2ccccc21. The Balaban J connectivity index is 1.88. The molecule has 0 aliphatic carbocycles. The molecule has 1 unspecified atom stereocenters. The first-order valence-electron chi connectivity index (χ1n) is 6.94. The Bertz CT molecular complexity index is 671. The highest BCUT2D eigenvalue weighted by Gasteiger charge is 2.29. The molecule has 0 radical (unpaired) electrons. The van der Waals surface area contributed by atoms with Gasteiger partial charge in [0.25, 0.3) is 0 Å². The maximum Gasteiger partial charge on any atom is 0.304 e. The maximum absolute atomic E-state index is 11.0. The average Bonchev–Trinajstić information content (AvgIpc) is 2.79. The van der Waals surface area contributed by atoms with Gasteiger partial charge in [0.15, 0.2) is 0 Å². The summed E-state index contributed by atoms with van der Waals surface area (Å²) in [5.41, 5.74) is 3.29. The first-order chi connectivity index (χ1) is 10.1. The van der Waals surface area contributed by atoms with E-state index in [0.29, 0.717) is 6.54 Å². The number of hydrogen-bond acceptors (Lipinski definition) is 2. The standard InChI is InChI=1S/C17H16ClNO2/c18-15-7-3-1-5-12(15)10-19-11-13(9-17(20)21)14-6-2-4-8-16(14)19/h1-8,13H,9-11H2,(H,20,21). The number of fused-ring (bicyclic) bond motifs is 1. The van der Waals surface area contributed by atoms with E-state index in [4.69, 9.17) is 16.7 Å². The summed E-state index contributed by atoms with van der Waals surface area (Å²) in [5.74, 6) is -0.712. The van der Waals surface area contributed by atoms with Crippen LogP contribution >= 0.6 is 11.6 Å². The molecule has 4 heteroatoms. The van der Waals surface area contributed by atoms with Gasteiger partial charge in [-0.1, -0.05) is 48.0 Å². The summed E-state index contributed by atoms with van der Waals surface area (Å²) in [7, 11) is 0. The lowest BCUT2D eigenvalue weighted by molar-refractivity contribution is -0.137. The molecule has 0 amide bonds. The molecular weight excluding hydrogens is 286 g/mol. The molecule has 2 aromatic rings. The number of anilines is 1. The van der Waals surface area contributed by atoms with Crippen molar-refractivity contribution < 1.29 is 9.90 Å². The molecule has 2 aromatic carbocycles. The fourth-order valence-electron chi connectivity index (χ4n) is 2.95. The second-order valence-electron chi connectivity index (χ2n) is 5.33. The van der Waals surface area contributed by atoms with Crippen molar-refractivity contribution in [1.82, 2.24) is 0 Å². The fourth-order valence-corrected chi connectivity index (χ4v) is 3.15. The Hall–Kier alpha value is -2.00. The van der Waals surface area contributed by atoms with E-state index in [2.05, 4.69) is 4.90 Å². The molecule has 3 rings (SSSR count). The van der Waals surface area contributed by atoms with Gasteiger partial charge in [-0.2, -0.15) is 0 Å². The van der Waals surface area contributed by atoms with Gasteiger partial charge in [-0.3, -0.25) is 4.79 Å². The molecular formula is C17H16ClNO2. The molecule has 1 heterocycles. The number of hydrogen-bond donors (Lipinski definition) is 1. The second-order valence-corrected chi connectivity index (χ2v) is 5.73. The van der Waals surface area contributed by atoms with Crippen molar-refractivity contribution in [2.24, 2.45) is 0 Å². The van der Waals surface area contributed by atoms with Crippen LogP contribution in [0.4, 0.5) is 5.69 Å². The predicted octanol–water partition coefficient (Wildman–Crippen LogP) is 3.92. The summed E-state index contributed by atoms with van der Waals surface area (Å²) in [6, 6.07) is 15.8. The van der Waals surface area contributed by atoms with Crippen molar-refractivity contribution >= 4 is 23.3 Å². The molecule has 0 fully saturated rings. The van der Waals surface area contributed by atoms with Crippen LogP contribution in [0.25, 0.3) is 0 Å². The highest BCUT2D eigenvalue weighted by Crippen LogP contribution is 2.39.